The third kappa shape index (κ3) is 8.52. The summed E-state index contributed by atoms with van der Waals surface area (Å²) in [6.45, 7) is 14.4. The molecule has 2 nitrogen and oxygen atoms in total. The van der Waals surface area contributed by atoms with Crippen molar-refractivity contribution in [2.45, 2.75) is 147 Å². The van der Waals surface area contributed by atoms with Gasteiger partial charge >= 0.3 is 19.5 Å². The van der Waals surface area contributed by atoms with Crippen molar-refractivity contribution < 1.29 is 44.3 Å². The fourth-order valence-electron chi connectivity index (χ4n) is 11.8. The van der Waals surface area contributed by atoms with Crippen molar-refractivity contribution in [1.82, 2.24) is 10.6 Å². The van der Waals surface area contributed by atoms with E-state index in [2.05, 4.69) is 113 Å². The van der Waals surface area contributed by atoms with Gasteiger partial charge in [0.2, 0.25) is 0 Å². The van der Waals surface area contributed by atoms with Crippen LogP contribution in [0.3, 0.4) is 0 Å². The Morgan fingerprint density at radius 2 is 1.17 bits per heavy atom. The SMILES string of the molecule is Cc1cc(C)c(C2CC(c3c(C)cc(C)cc3C)(P(=C=Cc3ccccc3)(C3CCCCC3)C3CCCCC3)CCC2=C2NCCN2)c(C)c1.[Cl-].[Cl-].[Ru+2]. The summed E-state index contributed by atoms with van der Waals surface area (Å²) in [5, 5.41) is 7.75. The van der Waals surface area contributed by atoms with Gasteiger partial charge in [0.1, 0.15) is 0 Å². The smallest absolute Gasteiger partial charge is 1.00 e. The number of nitrogens with one attached hydrogen (secondary N) is 2. The molecule has 4 aliphatic rings. The van der Waals surface area contributed by atoms with E-state index >= 15 is 0 Å². The molecule has 2 N–H and O–H groups in total. The Morgan fingerprint density at radius 1 is 0.679 bits per heavy atom. The van der Waals surface area contributed by atoms with E-state index < -0.39 is 6.89 Å². The Balaban J connectivity index is 0.00000209. The second kappa shape index (κ2) is 18.9. The molecule has 288 valence electrons. The van der Waals surface area contributed by atoms with Gasteiger partial charge in [-0.15, -0.1) is 5.45 Å². The molecule has 0 aromatic heterocycles. The molecular weight excluding hydrogens is 795 g/mol. The normalized spacial score (nSPS) is 22.3. The first-order chi connectivity index (χ1) is 24.2. The molecule has 6 heteroatoms. The fourth-order valence-corrected chi connectivity index (χ4v) is 18.8. The van der Waals surface area contributed by atoms with Gasteiger partial charge in [-0.2, -0.15) is 0 Å². The van der Waals surface area contributed by atoms with Crippen LogP contribution in [0.1, 0.15) is 139 Å². The van der Waals surface area contributed by atoms with Gasteiger partial charge in [0, 0.05) is 24.2 Å². The van der Waals surface area contributed by atoms with E-state index in [0.717, 1.165) is 30.8 Å². The largest absolute Gasteiger partial charge is 2.00 e. The molecule has 2 atom stereocenters. The molecule has 1 saturated heterocycles. The van der Waals surface area contributed by atoms with E-state index in [-0.39, 0.29) is 49.4 Å². The molecule has 0 bridgehead atoms. The summed E-state index contributed by atoms with van der Waals surface area (Å²) >= 11 is 0. The second-order valence-electron chi connectivity index (χ2n) is 16.7. The number of halogens is 2. The summed E-state index contributed by atoms with van der Waals surface area (Å²) in [5.74, 6) is 1.71. The van der Waals surface area contributed by atoms with Crippen LogP contribution in [0.25, 0.3) is 6.08 Å². The zero-order chi connectivity index (χ0) is 34.9. The average molecular weight is 859 g/mol. The molecule has 1 heterocycles. The molecule has 0 spiro atoms. The van der Waals surface area contributed by atoms with Crippen LogP contribution >= 0.6 is 6.89 Å². The monoisotopic (exact) mass is 858 g/mol. The first-order valence-corrected chi connectivity index (χ1v) is 22.1. The Kier molecular flexibility index (Phi) is 15.7. The van der Waals surface area contributed by atoms with Crippen molar-refractivity contribution in [3.63, 3.8) is 0 Å². The van der Waals surface area contributed by atoms with Crippen molar-refractivity contribution in [3.8, 4) is 0 Å². The minimum absolute atomic E-state index is 0. The van der Waals surface area contributed by atoms with Crippen LogP contribution in [0.4, 0.5) is 0 Å². The number of benzene rings is 3. The molecule has 3 aromatic carbocycles. The molecule has 53 heavy (non-hydrogen) atoms. The van der Waals surface area contributed by atoms with E-state index in [9.17, 15) is 0 Å². The molecule has 0 radical (unpaired) electrons. The van der Waals surface area contributed by atoms with Gasteiger partial charge in [-0.1, -0.05) is 104 Å². The average Bonchev–Trinajstić information content (AvgIpc) is 3.64. The summed E-state index contributed by atoms with van der Waals surface area (Å²) < 4.78 is 0. The summed E-state index contributed by atoms with van der Waals surface area (Å²) in [7, 11) is 0. The molecular formula is C47H63Cl2N2PRu. The van der Waals surface area contributed by atoms with Crippen LogP contribution < -0.4 is 35.4 Å². The van der Waals surface area contributed by atoms with E-state index in [1.54, 1.807) is 16.7 Å². The topological polar surface area (TPSA) is 24.1 Å². The maximum absolute atomic E-state index is 4.70. The fraction of sp³-hybridized carbons (Fsp3) is 0.532. The maximum Gasteiger partial charge on any atom is 2.00 e. The minimum atomic E-state index is -1.93. The quantitative estimate of drug-likeness (QED) is 0.239. The zero-order valence-electron chi connectivity index (χ0n) is 33.2. The molecule has 1 aliphatic heterocycles. The minimum Gasteiger partial charge on any atom is -1.00 e. The number of rotatable bonds is 6. The van der Waals surface area contributed by atoms with Gasteiger partial charge in [-0.25, -0.2) is 0 Å². The van der Waals surface area contributed by atoms with Gasteiger partial charge in [0.15, 0.2) is 0 Å². The number of hydrogen-bond donors (Lipinski definition) is 2. The Hall–Kier alpha value is -1.72. The maximum atomic E-state index is 4.70. The standard InChI is InChI=1S/C47H63N2P.2ClH.Ru/c1-33-28-35(3)44(36(4)29-33)43-32-47(24-22-42(43)46-48-25-26-49-46,45-37(5)30-34(2)31-38(45)6)50(40-18-12-8-13-19-40,41-20-14-9-15-21-41)27-23-39-16-10-7-11-17-39;;;/h7,10-11,16-17,23,28-31,40-41,43,48-49H,8-9,12-15,18-22,24-26,32H2,1-6H3;2*1H;/q;;;+2/p-2. The van der Waals surface area contributed by atoms with E-state index in [0.29, 0.717) is 5.92 Å². The zero-order valence-corrected chi connectivity index (χ0v) is 37.3. The molecule has 7 rings (SSSR count). The third-order valence-corrected chi connectivity index (χ3v) is 19.2. The summed E-state index contributed by atoms with van der Waals surface area (Å²) in [6.07, 6.45) is 20.0. The number of hydrogen-bond acceptors (Lipinski definition) is 2. The van der Waals surface area contributed by atoms with Crippen molar-refractivity contribution >= 4 is 18.4 Å². The van der Waals surface area contributed by atoms with Gasteiger partial charge in [0.25, 0.3) is 0 Å². The van der Waals surface area contributed by atoms with Crippen molar-refractivity contribution in [3.05, 3.63) is 116 Å². The summed E-state index contributed by atoms with van der Waals surface area (Å²) in [5.41, 5.74) is 21.3. The molecule has 3 aromatic rings. The van der Waals surface area contributed by atoms with E-state index in [1.165, 1.54) is 122 Å². The first-order valence-electron chi connectivity index (χ1n) is 20.1. The van der Waals surface area contributed by atoms with Crippen molar-refractivity contribution in [2.75, 3.05) is 13.1 Å². The molecule has 4 fully saturated rings. The third-order valence-electron chi connectivity index (χ3n) is 13.3. The predicted molar refractivity (Wildman–Crippen MR) is 219 cm³/mol. The van der Waals surface area contributed by atoms with Crippen LogP contribution in [0, 0.1) is 41.5 Å². The molecule has 0 amide bonds. The Bertz CT molecular complexity index is 1760. The van der Waals surface area contributed by atoms with E-state index in [4.69, 9.17) is 5.45 Å². The molecule has 3 saturated carbocycles. The summed E-state index contributed by atoms with van der Waals surface area (Å²) in [4.78, 5) is 0. The van der Waals surface area contributed by atoms with Gasteiger partial charge in [-0.3, -0.25) is 0 Å². The van der Waals surface area contributed by atoms with Crippen LogP contribution in [0.2, 0.25) is 0 Å². The van der Waals surface area contributed by atoms with Gasteiger partial charge < -0.3 is 35.4 Å². The second-order valence-corrected chi connectivity index (χ2v) is 20.8. The van der Waals surface area contributed by atoms with Crippen molar-refractivity contribution in [2.24, 2.45) is 0 Å². The van der Waals surface area contributed by atoms with Gasteiger partial charge in [-0.05, 0) is 155 Å². The first kappa shape index (κ1) is 44.0. The van der Waals surface area contributed by atoms with Crippen molar-refractivity contribution in [1.29, 1.82) is 0 Å². The molecule has 3 aliphatic carbocycles. The predicted octanol–water partition coefficient (Wildman–Crippen LogP) is 5.91. The number of allylic oxidation sites excluding steroid dienone is 1. The Labute approximate surface area is 347 Å². The van der Waals surface area contributed by atoms with Crippen LogP contribution in [-0.2, 0) is 24.6 Å². The van der Waals surface area contributed by atoms with Crippen LogP contribution in [0.5, 0.6) is 0 Å². The van der Waals surface area contributed by atoms with Gasteiger partial charge in [0.05, 0.1) is 5.82 Å². The van der Waals surface area contributed by atoms with E-state index in [1.807, 2.05) is 0 Å². The summed E-state index contributed by atoms with van der Waals surface area (Å²) in [6, 6.07) is 21.2. The molecule has 2 unspecified atom stereocenters. The van der Waals surface area contributed by atoms with Crippen LogP contribution in [-0.4, -0.2) is 29.9 Å². The van der Waals surface area contributed by atoms with Crippen LogP contribution in [0.15, 0.2) is 66.0 Å². The Morgan fingerprint density at radius 3 is 1.68 bits per heavy atom. The number of aryl methyl sites for hydroxylation is 6.